The number of nitrogens with one attached hydrogen (secondary N) is 3. The molecule has 7 aliphatic rings. The van der Waals surface area contributed by atoms with Crippen molar-refractivity contribution in [1.82, 2.24) is 20.4 Å². The number of nitrogens with zero attached hydrogens (tertiary/aromatic N) is 4. The summed E-state index contributed by atoms with van der Waals surface area (Å²) in [6.45, 7) is 5.14. The number of Topliss-reactive ketones (excluding diaryl/α,β-unsaturated/α-hetero) is 2. The molecule has 6 aliphatic carbocycles. The minimum Gasteiger partial charge on any atom is -0.481 e. The van der Waals surface area contributed by atoms with Crippen LogP contribution < -0.4 is 5.43 Å². The van der Waals surface area contributed by atoms with Gasteiger partial charge in [0.2, 0.25) is 5.91 Å². The van der Waals surface area contributed by atoms with Crippen LogP contribution in [-0.2, 0) is 37.7 Å². The topological polar surface area (TPSA) is 220 Å². The number of hydrogen-bond donors (Lipinski definition) is 5. The highest BCUT2D eigenvalue weighted by atomic mass is 19.4. The van der Waals surface area contributed by atoms with Crippen LogP contribution in [0.1, 0.15) is 152 Å². The Labute approximate surface area is 595 Å². The lowest BCUT2D eigenvalue weighted by atomic mass is 9.56. The molecule has 3 aromatic carbocycles. The number of pyridine rings is 3. The third-order valence-electron chi connectivity index (χ3n) is 22.8. The largest absolute Gasteiger partial charge is 0.481 e. The smallest absolute Gasteiger partial charge is 0.416 e. The summed E-state index contributed by atoms with van der Waals surface area (Å²) in [6, 6.07) is 26.3. The molecule has 0 unspecified atom stereocenters. The average molecular weight is 1430 g/mol. The Morgan fingerprint density at radius 1 is 0.515 bits per heavy atom. The minimum atomic E-state index is -4.41. The number of carboxylic acids is 1. The molecule has 0 bridgehead atoms. The molecule has 6 aromatic rings. The van der Waals surface area contributed by atoms with E-state index in [0.29, 0.717) is 80.8 Å². The van der Waals surface area contributed by atoms with Gasteiger partial charge in [-0.1, -0.05) is 131 Å². The number of benzene rings is 3. The zero-order chi connectivity index (χ0) is 73.9. The summed E-state index contributed by atoms with van der Waals surface area (Å²) in [5, 5.41) is 24.0. The number of rotatable bonds is 13. The highest BCUT2D eigenvalue weighted by Gasteiger charge is 2.51. The van der Waals surface area contributed by atoms with E-state index in [1.165, 1.54) is 69.8 Å². The molecule has 548 valence electrons. The molecule has 0 spiro atoms. The monoisotopic (exact) mass is 1430 g/mol. The molecule has 1 aliphatic heterocycles. The van der Waals surface area contributed by atoms with Gasteiger partial charge < -0.3 is 10.2 Å². The van der Waals surface area contributed by atoms with Gasteiger partial charge in [0, 0.05) is 72.7 Å². The predicted octanol–water partition coefficient (Wildman–Crippen LogP) is 20.1. The van der Waals surface area contributed by atoms with Crippen molar-refractivity contribution in [1.29, 1.82) is 11.1 Å². The van der Waals surface area contributed by atoms with Crippen molar-refractivity contribution in [2.24, 2.45) is 93.9 Å². The average Bonchev–Trinajstić information content (AvgIpc) is 0.763. The second kappa shape index (κ2) is 33.8. The van der Waals surface area contributed by atoms with E-state index in [1.807, 2.05) is 37.3 Å². The minimum absolute atomic E-state index is 0. The summed E-state index contributed by atoms with van der Waals surface area (Å²) < 4.78 is 117. The summed E-state index contributed by atoms with van der Waals surface area (Å²) in [6.07, 6.45) is 19.5. The van der Waals surface area contributed by atoms with E-state index < -0.39 is 53.0 Å². The first-order chi connectivity index (χ1) is 49.2. The van der Waals surface area contributed by atoms with E-state index in [-0.39, 0.29) is 72.9 Å². The van der Waals surface area contributed by atoms with Gasteiger partial charge in [0.1, 0.15) is 11.6 Å². The first-order valence-corrected chi connectivity index (χ1v) is 35.6. The van der Waals surface area contributed by atoms with Crippen molar-refractivity contribution in [2.75, 3.05) is 6.61 Å². The molecule has 6 fully saturated rings. The molecule has 3 aromatic heterocycles. The van der Waals surface area contributed by atoms with Crippen LogP contribution in [0.15, 0.2) is 151 Å². The van der Waals surface area contributed by atoms with E-state index in [9.17, 15) is 68.9 Å². The van der Waals surface area contributed by atoms with Crippen LogP contribution in [0.3, 0.4) is 0 Å². The predicted molar refractivity (Wildman–Crippen MR) is 378 cm³/mol. The molecule has 15 atom stereocenters. The fraction of sp³-hybridized carbons (Fsp3) is 0.457. The maximum Gasteiger partial charge on any atom is 0.416 e. The number of fused-ring (bicyclic) bond motifs is 4. The molecule has 4 heterocycles. The molecule has 13 nitrogen and oxygen atoms in total. The lowest BCUT2D eigenvalue weighted by Crippen LogP contribution is -2.51. The first-order valence-electron chi connectivity index (χ1n) is 35.6. The van der Waals surface area contributed by atoms with Crippen LogP contribution in [0.4, 0.5) is 39.5 Å². The zero-order valence-electron chi connectivity index (χ0n) is 57.8. The third-order valence-corrected chi connectivity index (χ3v) is 22.8. The normalized spacial score (nSPS) is 27.7. The number of ketones is 2. The molecule has 0 saturated heterocycles. The van der Waals surface area contributed by atoms with Gasteiger partial charge in [-0.25, -0.2) is 16.5 Å². The summed E-state index contributed by atoms with van der Waals surface area (Å²) in [5.74, 6) is 0.565. The van der Waals surface area contributed by atoms with Gasteiger partial charge in [0.25, 0.3) is 0 Å². The van der Waals surface area contributed by atoms with Crippen molar-refractivity contribution in [3.05, 3.63) is 180 Å². The van der Waals surface area contributed by atoms with Crippen molar-refractivity contribution in [2.45, 2.75) is 136 Å². The Kier molecular flexibility index (Phi) is 25.2. The number of aliphatic hydroxyl groups is 1. The Morgan fingerprint density at radius 2 is 0.883 bits per heavy atom. The van der Waals surface area contributed by atoms with Crippen molar-refractivity contribution < 1.29 is 70.3 Å². The molecule has 6 saturated carbocycles. The number of amides is 1. The maximum atomic E-state index is 13.1. The summed E-state index contributed by atoms with van der Waals surface area (Å²) in [5.41, 5.74) is 16.9. The number of alkyl halides is 9. The number of halogens is 9. The van der Waals surface area contributed by atoms with Gasteiger partial charge in [-0.2, -0.15) is 44.6 Å². The van der Waals surface area contributed by atoms with E-state index in [1.54, 1.807) is 67.8 Å². The van der Waals surface area contributed by atoms with Gasteiger partial charge in [-0.3, -0.25) is 34.1 Å². The van der Waals surface area contributed by atoms with Crippen LogP contribution in [0.25, 0.3) is 51.6 Å². The second-order valence-corrected chi connectivity index (χ2v) is 28.8. The number of carbonyl (C=O) groups excluding carboxylic acids is 3. The fourth-order valence-electron chi connectivity index (χ4n) is 18.0. The van der Waals surface area contributed by atoms with Crippen molar-refractivity contribution in [3.8, 4) is 33.4 Å². The molecule has 5 N–H and O–H groups in total. The number of hydrogen-bond acceptors (Lipinski definition) is 11. The van der Waals surface area contributed by atoms with E-state index >= 15 is 0 Å². The number of aliphatic hydroxyl groups excluding tert-OH is 1. The molecule has 1 amide bonds. The van der Waals surface area contributed by atoms with Gasteiger partial charge in [0.05, 0.1) is 39.7 Å². The molecule has 13 rings (SSSR count). The van der Waals surface area contributed by atoms with Crippen LogP contribution >= 0.6 is 0 Å². The van der Waals surface area contributed by atoms with E-state index in [2.05, 4.69) is 37.6 Å². The van der Waals surface area contributed by atoms with Gasteiger partial charge >= 0.3 is 24.5 Å². The van der Waals surface area contributed by atoms with Gasteiger partial charge in [-0.05, 0) is 208 Å². The summed E-state index contributed by atoms with van der Waals surface area (Å²) in [4.78, 5) is 62.9. The van der Waals surface area contributed by atoms with E-state index in [0.717, 1.165) is 99.2 Å². The molecule has 103 heavy (non-hydrogen) atoms. The quantitative estimate of drug-likeness (QED) is 0.0548. The van der Waals surface area contributed by atoms with Crippen LogP contribution in [-0.4, -0.2) is 60.9 Å². The lowest BCUT2D eigenvalue weighted by molar-refractivity contribution is -0.152. The van der Waals surface area contributed by atoms with Crippen molar-refractivity contribution in [3.63, 3.8) is 0 Å². The zero-order valence-corrected chi connectivity index (χ0v) is 57.8. The fourth-order valence-corrected chi connectivity index (χ4v) is 18.0. The third kappa shape index (κ3) is 18.6. The lowest BCUT2D eigenvalue weighted by Gasteiger charge is -2.49. The molecule has 0 radical (unpaired) electrons. The maximum absolute atomic E-state index is 13.1. The Bertz CT molecular complexity index is 4050. The SMILES string of the molecule is CC(=O)[C@@H]1[C@@H](/C=C/c2ccc(-c3cccc(C(F)(F)F)c3)cn2)[C@@H]2CCCC[C@H]2C[C@H]1C(=O)O.CC(=O)[C@H]1[C@H](CO)C[C@@H]2CCCC[C@H]2[C@@H]1/C=C/c1ccc(-c2cccc(C(F)(F)F)c2)cn1.CC1=NNC(=O)[C@@H]2C[C@@H]3CCCC[C@H]3[C@H](/C=C/c3ccc(-c4cccc(C(F)(F)F)c4)cn3)[C@@H]12.N=N.[HH]. The standard InChI is InChI=1S/C27H28F3N3O.C27H28F3NO3.C27H30F3NO2.H2N2.H2/c1-16-25-23(22-8-3-2-5-18(22)14-24(25)26(34)33-32-16)12-11-21-10-9-19(15-31-21)17-6-4-7-20(13-17)27(28,29)30;1-16(32)25-23(22-8-3-2-5-18(22)14-24(25)26(33)34)12-11-21-10-9-19(15-31-21)17-6-4-7-20(13-17)27(28,29)30;1-17(33)26-21(16-32)13-19-5-2-3-8-24(19)25(26)12-11-23-10-9-20(15-31-23)18-6-4-7-22(14-18)27(28,29)30;1-2;/h2*4,6-7,9-13,15,18,22-25H,2-3,5,8,14H2,1H3,(H,33,34);4,6-7,9-12,14-15,19,21,24-26,32H,2-3,5,8,13,16H2,1H3;1-2H;1H/b3*12-11+;;/t2*18-,22+,23-,24+,25+;19-,21-,24+,25-,26-;;/m000../s1. The summed E-state index contributed by atoms with van der Waals surface area (Å²) in [7, 11) is 0. The number of aliphatic carboxylic acids is 1. The van der Waals surface area contributed by atoms with E-state index in [4.69, 9.17) is 11.1 Å². The number of aromatic nitrogens is 3. The van der Waals surface area contributed by atoms with Gasteiger partial charge in [-0.15, -0.1) is 0 Å². The van der Waals surface area contributed by atoms with Crippen LogP contribution in [0, 0.1) is 99.8 Å². The Morgan fingerprint density at radius 3 is 1.25 bits per heavy atom. The Balaban J connectivity index is 0.000000178. The number of carboxylic acid groups (broad SMARTS) is 1. The second-order valence-electron chi connectivity index (χ2n) is 28.8. The molecular formula is C81H90F9N7O6. The number of carbonyl (C=O) groups is 4. The number of allylic oxidation sites excluding steroid dienone is 3. The highest BCUT2D eigenvalue weighted by molar-refractivity contribution is 5.95. The highest BCUT2D eigenvalue weighted by Crippen LogP contribution is 2.54. The first kappa shape index (κ1) is 76.8. The Hall–Kier alpha value is -8.79. The summed E-state index contributed by atoms with van der Waals surface area (Å²) >= 11 is 0. The van der Waals surface area contributed by atoms with Crippen LogP contribution in [0.5, 0.6) is 0 Å². The molecular weight excluding hydrogens is 1340 g/mol. The van der Waals surface area contributed by atoms with Crippen LogP contribution in [0.2, 0.25) is 0 Å². The molecule has 22 heteroatoms. The van der Waals surface area contributed by atoms with Crippen molar-refractivity contribution >= 4 is 47.4 Å². The van der Waals surface area contributed by atoms with Gasteiger partial charge in [0.15, 0.2) is 0 Å². The number of hydrazone groups is 1.